The highest BCUT2D eigenvalue weighted by Crippen LogP contribution is 2.57. The molecule has 0 aromatic carbocycles. The van der Waals surface area contributed by atoms with Crippen LogP contribution in [0.3, 0.4) is 0 Å². The molecule has 0 aromatic heterocycles. The van der Waals surface area contributed by atoms with Crippen molar-refractivity contribution in [3.8, 4) is 0 Å². The molecule has 9 saturated carbocycles. The van der Waals surface area contributed by atoms with Crippen molar-refractivity contribution in [3.63, 3.8) is 0 Å². The topological polar surface area (TPSA) is 547 Å². The van der Waals surface area contributed by atoms with E-state index in [1.54, 1.807) is 41.5 Å². The summed E-state index contributed by atoms with van der Waals surface area (Å²) in [5.74, 6) is -6.94. The summed E-state index contributed by atoms with van der Waals surface area (Å²) in [5.41, 5.74) is -6.36. The lowest BCUT2D eigenvalue weighted by molar-refractivity contribution is -0.163. The Kier molecular flexibility index (Phi) is 56.6. The molecule has 16 N–H and O–H groups in total. The van der Waals surface area contributed by atoms with E-state index in [9.17, 15) is 93.3 Å². The van der Waals surface area contributed by atoms with Gasteiger partial charge in [-0.2, -0.15) is 0 Å². The summed E-state index contributed by atoms with van der Waals surface area (Å²) in [7, 11) is 0. The maximum Gasteiger partial charge on any atom is 0.312 e. The van der Waals surface area contributed by atoms with Crippen molar-refractivity contribution in [1.82, 2.24) is 0 Å². The first kappa shape index (κ1) is 133. The van der Waals surface area contributed by atoms with Gasteiger partial charge in [0.15, 0.2) is 0 Å². The Hall–Kier alpha value is -6.60. The first-order valence-electron chi connectivity index (χ1n) is 57.6. The van der Waals surface area contributed by atoms with E-state index in [-0.39, 0.29) is 59.4 Å². The van der Waals surface area contributed by atoms with Crippen LogP contribution >= 0.6 is 0 Å². The molecule has 3 atom stereocenters. The summed E-state index contributed by atoms with van der Waals surface area (Å²) >= 11 is 0. The van der Waals surface area contributed by atoms with Crippen LogP contribution in [0.5, 0.6) is 0 Å². The first-order chi connectivity index (χ1) is 68.7. The normalized spacial score (nSPS) is 18.9. The van der Waals surface area contributed by atoms with Crippen molar-refractivity contribution in [2.45, 2.75) is 600 Å². The van der Waals surface area contributed by atoms with Gasteiger partial charge in [0.1, 0.15) is 11.2 Å². The molecule has 0 saturated heterocycles. The Morgan fingerprint density at radius 1 is 0.190 bits per heavy atom. The fourth-order valence-corrected chi connectivity index (χ4v) is 20.4. The Bertz CT molecular complexity index is 3610. The molecular weight excluding hydrogens is 1890 g/mol. The lowest BCUT2D eigenvalue weighted by Gasteiger charge is -2.37. The van der Waals surface area contributed by atoms with Crippen molar-refractivity contribution in [3.05, 3.63) is 0 Å². The van der Waals surface area contributed by atoms with Gasteiger partial charge < -0.3 is 91.2 Å². The van der Waals surface area contributed by atoms with Gasteiger partial charge in [-0.05, 0) is 353 Å². The number of aliphatic hydroxyl groups is 6. The molecule has 147 heavy (non-hydrogen) atoms. The molecule has 0 spiro atoms. The molecule has 9 fully saturated rings. The third-order valence-electron chi connectivity index (χ3n) is 34.0. The Morgan fingerprint density at radius 2 is 0.320 bits per heavy atom. The predicted molar refractivity (Wildman–Crippen MR) is 564 cm³/mol. The second-order valence-corrected chi connectivity index (χ2v) is 51.1. The number of esters is 2. The summed E-state index contributed by atoms with van der Waals surface area (Å²) in [6, 6.07) is 0. The van der Waals surface area contributed by atoms with E-state index < -0.39 is 125 Å². The molecule has 0 radical (unpaired) electrons. The van der Waals surface area contributed by atoms with Gasteiger partial charge in [0.2, 0.25) is 0 Å². The lowest BCUT2D eigenvalue weighted by atomic mass is 9.66. The standard InChI is InChI=1S/C27H48O5.C19H32O5.C19H34O5.C18H32O5.C17H28O5.C17H30O5/c1-24(2,3)31-22(29)26(17-18-26)15-11-7-9-13-21(28)14-10-8-12-16-27(19-20-27)23(30)32-25(4,5)6;20-15(7-3-1-5-9-18(11-12-18)16(21)22)8-4-2-6-10-19(13-14-19)17(23)24;1-18(2,16(21)22)11-7-3-5-9-15(20)10-6-4-8-12-19(13-14-19)17(23)24;1-17(2,15(20)21)10-5-3-8-14(19)9-4-6-11-18(16(22)23)12-7-13-18;18-13(5-1-3-7-16(9-10-16)14(19)20)6-2-4-8-17(11-12-17)15(21)22;1-16(2,14(19)20)9-5-3-7-13(18)8-4-6-10-17(11-12-17)15(21)22/h21,28H,7-20H2,1-6H3;15,20H,1-14H2,(H,21,22)(H,23,24);15,20H,3-14H2,1-2H3,(H,21,22)(H,23,24);14,19H,3-13H2,1-2H3,(H,20,21)(H,22,23);13,18H,1-12H2,(H,19,20)(H,21,22);13,18H,3-12H2,1-2H3,(H,19,20)(H,21,22). The van der Waals surface area contributed by atoms with Gasteiger partial charge in [0.05, 0.1) is 102 Å². The summed E-state index contributed by atoms with van der Waals surface area (Å²) < 4.78 is 11.2. The van der Waals surface area contributed by atoms with E-state index in [4.69, 9.17) is 55.4 Å². The summed E-state index contributed by atoms with van der Waals surface area (Å²) in [4.78, 5) is 135. The number of hydrogen-bond donors (Lipinski definition) is 16. The molecule has 0 amide bonds. The number of hydrogen-bond acceptors (Lipinski definition) is 20. The number of carboxylic acids is 10. The predicted octanol–water partition coefficient (Wildman–Crippen LogP) is 25.2. The highest BCUT2D eigenvalue weighted by molar-refractivity contribution is 5.82. The summed E-state index contributed by atoms with van der Waals surface area (Å²) in [6.07, 6.45) is 60.2. The second-order valence-electron chi connectivity index (χ2n) is 51.1. The van der Waals surface area contributed by atoms with Crippen molar-refractivity contribution in [1.29, 1.82) is 0 Å². The SMILES string of the molecule is CC(C)(C)OC(=O)C1(CCCCCC(O)CCCCCC2(C(=O)OC(C)(C)C)CC2)CC1.CC(C)(CCCCC(O)CCCCC1(C(=O)O)CC1)C(=O)O.CC(C)(CCCCC(O)CCCCC1(C(=O)O)CCC1)C(=O)O.CC(C)(CCCCCC(O)CCCCCC1(C(=O)O)CC1)C(=O)O.O=C(O)C1(CCCCC(O)CCCCC2(C(=O)O)CC2)CC1.O=C(O)C1(CCCCCC(O)CCCCCC2(C(=O)O)CC2)CC1. The number of carbonyl (C=O) groups is 12. The molecule has 9 aliphatic rings. The lowest BCUT2D eigenvalue weighted by Crippen LogP contribution is -2.37. The minimum Gasteiger partial charge on any atom is -0.481 e. The number of carbonyl (C=O) groups excluding carboxylic acids is 2. The minimum atomic E-state index is -0.777. The van der Waals surface area contributed by atoms with Crippen LogP contribution < -0.4 is 0 Å². The maximum absolute atomic E-state index is 12.4. The number of aliphatic carboxylic acids is 10. The number of carboxylic acid groups (broad SMARTS) is 10. The minimum absolute atomic E-state index is 0.0234. The van der Waals surface area contributed by atoms with Gasteiger partial charge in [0.25, 0.3) is 0 Å². The van der Waals surface area contributed by atoms with Gasteiger partial charge >= 0.3 is 71.6 Å². The van der Waals surface area contributed by atoms with E-state index in [0.29, 0.717) is 44.9 Å². The van der Waals surface area contributed by atoms with E-state index in [2.05, 4.69) is 0 Å². The molecule has 0 aliphatic heterocycles. The number of rotatable bonds is 78. The van der Waals surface area contributed by atoms with Crippen LogP contribution in [0.4, 0.5) is 0 Å². The summed E-state index contributed by atoms with van der Waals surface area (Å²) in [6.45, 7) is 21.9. The van der Waals surface area contributed by atoms with Crippen molar-refractivity contribution >= 4 is 71.6 Å². The molecule has 9 aliphatic carbocycles. The highest BCUT2D eigenvalue weighted by atomic mass is 16.6. The smallest absolute Gasteiger partial charge is 0.312 e. The van der Waals surface area contributed by atoms with Gasteiger partial charge in [-0.25, -0.2) is 0 Å². The zero-order chi connectivity index (χ0) is 110. The van der Waals surface area contributed by atoms with Gasteiger partial charge in [-0.1, -0.05) is 199 Å². The molecule has 0 bridgehead atoms. The van der Waals surface area contributed by atoms with Crippen molar-refractivity contribution in [2.24, 2.45) is 65.0 Å². The molecule has 9 rings (SSSR count). The largest absolute Gasteiger partial charge is 0.481 e. The van der Waals surface area contributed by atoms with Crippen LogP contribution in [-0.4, -0.2) is 201 Å². The maximum atomic E-state index is 12.4. The summed E-state index contributed by atoms with van der Waals surface area (Å²) in [5, 5.41) is 151. The quantitative estimate of drug-likeness (QED) is 0.0199. The van der Waals surface area contributed by atoms with Crippen LogP contribution in [0.15, 0.2) is 0 Å². The Morgan fingerprint density at radius 3 is 0.456 bits per heavy atom. The molecule has 0 aromatic rings. The first-order valence-corrected chi connectivity index (χ1v) is 57.6. The van der Waals surface area contributed by atoms with E-state index in [1.165, 1.54) is 0 Å². The van der Waals surface area contributed by atoms with Crippen LogP contribution in [0.1, 0.15) is 552 Å². The monoisotopic (exact) mass is 2090 g/mol. The molecule has 30 nitrogen and oxygen atoms in total. The zero-order valence-corrected chi connectivity index (χ0v) is 93.0. The van der Waals surface area contributed by atoms with Crippen LogP contribution in [0.2, 0.25) is 0 Å². The number of ether oxygens (including phenoxy) is 2. The zero-order valence-electron chi connectivity index (χ0n) is 93.0. The van der Waals surface area contributed by atoms with E-state index >= 15 is 0 Å². The fraction of sp³-hybridized carbons (Fsp3) is 0.897. The van der Waals surface area contributed by atoms with E-state index in [0.717, 1.165) is 424 Å². The third kappa shape index (κ3) is 51.8. The molecule has 3 unspecified atom stereocenters. The Labute approximate surface area is 880 Å². The third-order valence-corrected chi connectivity index (χ3v) is 34.0. The molecule has 852 valence electrons. The fourth-order valence-electron chi connectivity index (χ4n) is 20.4. The van der Waals surface area contributed by atoms with Crippen LogP contribution in [0.25, 0.3) is 0 Å². The van der Waals surface area contributed by atoms with Gasteiger partial charge in [-0.15, -0.1) is 0 Å². The molecule has 0 heterocycles. The second kappa shape index (κ2) is 62.7. The van der Waals surface area contributed by atoms with E-state index in [1.807, 2.05) is 41.5 Å². The van der Waals surface area contributed by atoms with Crippen LogP contribution in [0, 0.1) is 65.0 Å². The average molecular weight is 2090 g/mol. The molecular formula is C117H204O30. The Balaban J connectivity index is 0.000000369. The van der Waals surface area contributed by atoms with Gasteiger partial charge in [0, 0.05) is 0 Å². The van der Waals surface area contributed by atoms with Crippen molar-refractivity contribution in [2.75, 3.05) is 0 Å². The highest BCUT2D eigenvalue weighted by Gasteiger charge is 2.56. The number of aliphatic hydroxyl groups excluding tert-OH is 6. The number of unbranched alkanes of at least 4 members (excludes halogenated alkanes) is 18. The van der Waals surface area contributed by atoms with Gasteiger partial charge in [-0.3, -0.25) is 57.5 Å². The van der Waals surface area contributed by atoms with Crippen LogP contribution in [-0.2, 0) is 67.0 Å². The molecule has 30 heteroatoms. The average Bonchev–Trinajstić information content (AvgIpc) is 1.65. The van der Waals surface area contributed by atoms with Crippen molar-refractivity contribution < 1.29 is 149 Å².